The van der Waals surface area contributed by atoms with Gasteiger partial charge in [-0.1, -0.05) is 0 Å². The van der Waals surface area contributed by atoms with Crippen molar-refractivity contribution in [2.45, 2.75) is 27.7 Å². The first-order valence-corrected chi connectivity index (χ1v) is 22.9. The molecule has 0 N–H and O–H groups in total. The standard InChI is InChI=1S/4C7H7.HI.Sb/c4*1-7-5-3-2-4-6-7;;/h4*3-6H,1H3;1H;/q;;;;;+1/p-1. The van der Waals surface area contributed by atoms with Gasteiger partial charge in [-0.05, 0) is 0 Å². The molecule has 0 radical (unpaired) electrons. The van der Waals surface area contributed by atoms with Gasteiger partial charge in [-0.25, -0.2) is 0 Å². The second kappa shape index (κ2) is 8.17. The Kier molecular flexibility index (Phi) is 5.90. The van der Waals surface area contributed by atoms with Crippen LogP contribution < -0.4 is 14.0 Å². The number of benzene rings is 4. The summed E-state index contributed by atoms with van der Waals surface area (Å²) >= 11 is -1.14. The van der Waals surface area contributed by atoms with Crippen molar-refractivity contribution in [3.63, 3.8) is 0 Å². The summed E-state index contributed by atoms with van der Waals surface area (Å²) < 4.78 is 5.85. The van der Waals surface area contributed by atoms with Crippen LogP contribution >= 0.6 is 18.5 Å². The third-order valence-electron chi connectivity index (χ3n) is 6.08. The van der Waals surface area contributed by atoms with Gasteiger partial charge in [0.25, 0.3) is 0 Å². The zero-order valence-corrected chi connectivity index (χ0v) is 22.8. The van der Waals surface area contributed by atoms with Crippen LogP contribution in [0.3, 0.4) is 0 Å². The molecular formula is C28H28ISb. The van der Waals surface area contributed by atoms with Gasteiger partial charge in [0.15, 0.2) is 0 Å². The van der Waals surface area contributed by atoms with Crippen molar-refractivity contribution < 1.29 is 0 Å². The average Bonchev–Trinajstić information content (AvgIpc) is 2.75. The van der Waals surface area contributed by atoms with Crippen molar-refractivity contribution >= 4 is 45.9 Å². The van der Waals surface area contributed by atoms with Crippen LogP contribution in [0.2, 0.25) is 0 Å². The molecule has 0 atom stereocenters. The van der Waals surface area contributed by atoms with Gasteiger partial charge in [0.1, 0.15) is 0 Å². The topological polar surface area (TPSA) is 0 Å². The van der Waals surface area contributed by atoms with Crippen LogP contribution in [0.5, 0.6) is 0 Å². The summed E-state index contributed by atoms with van der Waals surface area (Å²) in [5.74, 6) is 0. The molecule has 0 unspecified atom stereocenters. The van der Waals surface area contributed by atoms with Gasteiger partial charge in [0.2, 0.25) is 0 Å². The summed E-state index contributed by atoms with van der Waals surface area (Å²) in [6.07, 6.45) is 0. The van der Waals surface area contributed by atoms with Gasteiger partial charge in [0.05, 0.1) is 0 Å². The Hall–Kier alpha value is -1.57. The third kappa shape index (κ3) is 3.45. The van der Waals surface area contributed by atoms with Crippen molar-refractivity contribution in [3.05, 3.63) is 119 Å². The van der Waals surface area contributed by atoms with E-state index in [9.17, 15) is 0 Å². The SMILES string of the molecule is Cc1cc[c]([Sb]([I])([c]2ccc(C)cc2)([c]2ccc(C)cc2)[c]2ccc(C)cc2)cc1. The second-order valence-corrected chi connectivity index (χ2v) is 33.0. The minimum absolute atomic E-state index is 1.30. The van der Waals surface area contributed by atoms with Crippen LogP contribution in [0.15, 0.2) is 97.1 Å². The molecule has 0 fully saturated rings. The third-order valence-corrected chi connectivity index (χ3v) is 35.5. The van der Waals surface area contributed by atoms with Crippen LogP contribution in [-0.2, 0) is 0 Å². The number of aryl methyl sites for hydroxylation is 4. The Labute approximate surface area is 191 Å². The van der Waals surface area contributed by atoms with Gasteiger partial charge >= 0.3 is 193 Å². The molecule has 2 heteroatoms. The molecule has 0 saturated carbocycles. The van der Waals surface area contributed by atoms with Gasteiger partial charge < -0.3 is 0 Å². The second-order valence-electron chi connectivity index (χ2n) is 8.35. The van der Waals surface area contributed by atoms with Crippen LogP contribution in [0.1, 0.15) is 22.3 Å². The van der Waals surface area contributed by atoms with Crippen LogP contribution in [-0.4, -0.2) is 13.4 Å². The van der Waals surface area contributed by atoms with E-state index in [0.29, 0.717) is 0 Å². The maximum atomic E-state index is 2.92. The summed E-state index contributed by atoms with van der Waals surface area (Å²) in [7, 11) is 0. The molecule has 0 amide bonds. The average molecular weight is 613 g/mol. The van der Waals surface area contributed by atoms with E-state index in [0.717, 1.165) is 0 Å². The van der Waals surface area contributed by atoms with Crippen molar-refractivity contribution in [1.82, 2.24) is 0 Å². The predicted molar refractivity (Wildman–Crippen MR) is 143 cm³/mol. The molecule has 4 aromatic carbocycles. The van der Waals surface area contributed by atoms with Gasteiger partial charge in [0, 0.05) is 0 Å². The van der Waals surface area contributed by atoms with Crippen molar-refractivity contribution in [2.24, 2.45) is 0 Å². The molecule has 0 aliphatic rings. The Morgan fingerprint density at radius 1 is 0.367 bits per heavy atom. The number of hydrogen-bond donors (Lipinski definition) is 0. The Morgan fingerprint density at radius 2 is 0.533 bits per heavy atom. The van der Waals surface area contributed by atoms with E-state index in [4.69, 9.17) is 0 Å². The van der Waals surface area contributed by atoms with E-state index in [1.165, 1.54) is 36.3 Å². The Morgan fingerprint density at radius 3 is 0.700 bits per heavy atom. The summed E-state index contributed by atoms with van der Waals surface area (Å²) in [4.78, 5) is 0. The minimum atomic E-state index is -4.06. The van der Waals surface area contributed by atoms with E-state index >= 15 is 0 Å². The summed E-state index contributed by atoms with van der Waals surface area (Å²) in [5.41, 5.74) is 5.20. The van der Waals surface area contributed by atoms with Gasteiger partial charge in [-0.3, -0.25) is 0 Å². The maximum absolute atomic E-state index is 4.06. The van der Waals surface area contributed by atoms with Gasteiger partial charge in [-0.15, -0.1) is 0 Å². The molecule has 4 rings (SSSR count). The van der Waals surface area contributed by atoms with Crippen molar-refractivity contribution in [2.75, 3.05) is 0 Å². The summed E-state index contributed by atoms with van der Waals surface area (Å²) in [5, 5.41) is 0. The van der Waals surface area contributed by atoms with E-state index in [2.05, 4.69) is 143 Å². The first-order chi connectivity index (χ1) is 14.3. The summed E-state index contributed by atoms with van der Waals surface area (Å²) in [6.45, 7) is 8.68. The molecule has 0 nitrogen and oxygen atoms in total. The Balaban J connectivity index is 2.20. The normalized spacial score (nSPS) is 12.9. The van der Waals surface area contributed by atoms with Crippen molar-refractivity contribution in [3.8, 4) is 0 Å². The fourth-order valence-corrected chi connectivity index (χ4v) is 26.0. The zero-order valence-electron chi connectivity index (χ0n) is 18.1. The fourth-order valence-electron chi connectivity index (χ4n) is 4.19. The number of halogens is 1. The molecule has 0 saturated heterocycles. The predicted octanol–water partition coefficient (Wildman–Crippen LogP) is 5.18. The van der Waals surface area contributed by atoms with E-state index < -0.39 is 13.4 Å². The quantitative estimate of drug-likeness (QED) is 0.220. The summed E-state index contributed by atoms with van der Waals surface area (Å²) in [6, 6.07) is 37.2. The van der Waals surface area contributed by atoms with E-state index in [-0.39, 0.29) is 0 Å². The molecule has 0 spiro atoms. The van der Waals surface area contributed by atoms with E-state index in [1.54, 1.807) is 0 Å². The van der Waals surface area contributed by atoms with Crippen LogP contribution in [0.25, 0.3) is 0 Å². The molecule has 152 valence electrons. The molecule has 4 aromatic rings. The molecular weight excluding hydrogens is 585 g/mol. The number of hydrogen-bond acceptors (Lipinski definition) is 0. The van der Waals surface area contributed by atoms with Crippen LogP contribution in [0, 0.1) is 27.7 Å². The first kappa shape index (κ1) is 21.7. The fraction of sp³-hybridized carbons (Fsp3) is 0.143. The monoisotopic (exact) mass is 612 g/mol. The van der Waals surface area contributed by atoms with Crippen LogP contribution in [0.4, 0.5) is 0 Å². The Bertz CT molecular complexity index is 962. The zero-order chi connectivity index (χ0) is 21.4. The first-order valence-electron chi connectivity index (χ1n) is 10.3. The van der Waals surface area contributed by atoms with Gasteiger partial charge in [-0.2, -0.15) is 0 Å². The van der Waals surface area contributed by atoms with Crippen molar-refractivity contribution in [1.29, 1.82) is 0 Å². The number of rotatable bonds is 4. The molecule has 0 heterocycles. The molecule has 30 heavy (non-hydrogen) atoms. The molecule has 0 bridgehead atoms. The molecule has 0 aliphatic heterocycles. The molecule has 0 aromatic heterocycles. The van der Waals surface area contributed by atoms with E-state index in [1.807, 2.05) is 0 Å². The molecule has 0 aliphatic carbocycles.